The van der Waals surface area contributed by atoms with Crippen molar-refractivity contribution in [2.75, 3.05) is 7.05 Å². The van der Waals surface area contributed by atoms with E-state index in [2.05, 4.69) is 48.1 Å². The van der Waals surface area contributed by atoms with E-state index < -0.39 is 0 Å². The molecule has 0 radical (unpaired) electrons. The molecule has 0 saturated carbocycles. The molecule has 0 aliphatic heterocycles. The quantitative estimate of drug-likeness (QED) is 0.551. The van der Waals surface area contributed by atoms with Gasteiger partial charge in [-0.25, -0.2) is 0 Å². The summed E-state index contributed by atoms with van der Waals surface area (Å²) >= 11 is 3.28. The first-order chi connectivity index (χ1) is 12.0. The van der Waals surface area contributed by atoms with Gasteiger partial charge < -0.3 is 0 Å². The van der Waals surface area contributed by atoms with Crippen molar-refractivity contribution < 1.29 is 0 Å². The van der Waals surface area contributed by atoms with Crippen LogP contribution in [0.1, 0.15) is 28.5 Å². The lowest BCUT2D eigenvalue weighted by Crippen LogP contribution is -2.23. The van der Waals surface area contributed by atoms with Crippen molar-refractivity contribution in [1.82, 2.24) is 24.1 Å². The van der Waals surface area contributed by atoms with Crippen LogP contribution in [0.2, 0.25) is 0 Å². The minimum atomic E-state index is -0.0211. The summed E-state index contributed by atoms with van der Waals surface area (Å²) in [5, 5.41) is 10.6. The van der Waals surface area contributed by atoms with Gasteiger partial charge in [0.15, 0.2) is 5.82 Å². The lowest BCUT2D eigenvalue weighted by atomic mass is 10.2. The van der Waals surface area contributed by atoms with E-state index in [1.807, 2.05) is 27.2 Å². The zero-order valence-corrected chi connectivity index (χ0v) is 16.2. The molecular weight excluding hydrogens is 354 g/mol. The van der Waals surface area contributed by atoms with E-state index in [-0.39, 0.29) is 11.6 Å². The topological polar surface area (TPSA) is 55.4 Å². The lowest BCUT2D eigenvalue weighted by Gasteiger charge is -2.23. The molecule has 4 aromatic rings. The van der Waals surface area contributed by atoms with Crippen LogP contribution in [0.3, 0.4) is 0 Å². The third-order valence-electron chi connectivity index (χ3n) is 4.62. The SMILES string of the molecule is Cc1ccc([C@@H](C)N(C)Cc2nnc3n(C)c(=O)c4sccc4n23)s1. The standard InChI is InChI=1S/C17H19N5OS2/c1-10-5-6-13(25-10)11(2)20(3)9-14-18-19-17-21(4)16(23)15-12(22(14)17)7-8-24-15/h5-8,11H,9H2,1-4H3/t11-/m1/s1. The third kappa shape index (κ3) is 2.61. The predicted octanol–water partition coefficient (Wildman–Crippen LogP) is 3.21. The fourth-order valence-electron chi connectivity index (χ4n) is 3.01. The van der Waals surface area contributed by atoms with E-state index in [0.29, 0.717) is 12.3 Å². The summed E-state index contributed by atoms with van der Waals surface area (Å²) in [7, 11) is 3.84. The Morgan fingerprint density at radius 3 is 2.80 bits per heavy atom. The largest absolute Gasteiger partial charge is 0.291 e. The summed E-state index contributed by atoms with van der Waals surface area (Å²) in [6.45, 7) is 4.98. The summed E-state index contributed by atoms with van der Waals surface area (Å²) < 4.78 is 4.30. The number of hydrogen-bond acceptors (Lipinski definition) is 6. The maximum Gasteiger partial charge on any atom is 0.272 e. The fraction of sp³-hybridized carbons (Fsp3) is 0.353. The van der Waals surface area contributed by atoms with Gasteiger partial charge in [0, 0.05) is 22.8 Å². The van der Waals surface area contributed by atoms with E-state index in [0.717, 1.165) is 16.0 Å². The fourth-order valence-corrected chi connectivity index (χ4v) is 4.86. The molecule has 0 fully saturated rings. The summed E-state index contributed by atoms with van der Waals surface area (Å²) in [5.74, 6) is 1.43. The Labute approximate surface area is 153 Å². The zero-order valence-electron chi connectivity index (χ0n) is 14.6. The smallest absolute Gasteiger partial charge is 0.272 e. The van der Waals surface area contributed by atoms with Crippen LogP contribution >= 0.6 is 22.7 Å². The number of hydrogen-bond donors (Lipinski definition) is 0. The molecule has 6 nitrogen and oxygen atoms in total. The average molecular weight is 374 g/mol. The second kappa shape index (κ2) is 6.05. The number of fused-ring (bicyclic) bond motifs is 3. The summed E-state index contributed by atoms with van der Waals surface area (Å²) in [5.41, 5.74) is 0.864. The maximum atomic E-state index is 12.4. The Bertz CT molecular complexity index is 1120. The van der Waals surface area contributed by atoms with Gasteiger partial charge in [0.05, 0.1) is 12.1 Å². The van der Waals surface area contributed by atoms with Gasteiger partial charge in [0.2, 0.25) is 5.78 Å². The van der Waals surface area contributed by atoms with Crippen LogP contribution in [0, 0.1) is 6.92 Å². The molecule has 0 aliphatic carbocycles. The van der Waals surface area contributed by atoms with Crippen molar-refractivity contribution in [1.29, 1.82) is 0 Å². The summed E-state index contributed by atoms with van der Waals surface area (Å²) in [6.07, 6.45) is 0. The molecule has 0 unspecified atom stereocenters. The van der Waals surface area contributed by atoms with Crippen LogP contribution in [0.25, 0.3) is 16.0 Å². The van der Waals surface area contributed by atoms with E-state index in [9.17, 15) is 4.79 Å². The first-order valence-electron chi connectivity index (χ1n) is 8.04. The third-order valence-corrected chi connectivity index (χ3v) is 6.68. The molecule has 0 aromatic carbocycles. The monoisotopic (exact) mass is 373 g/mol. The first kappa shape index (κ1) is 16.4. The molecule has 4 heterocycles. The molecular formula is C17H19N5OS2. The Morgan fingerprint density at radius 1 is 1.28 bits per heavy atom. The van der Waals surface area contributed by atoms with E-state index in [1.54, 1.807) is 11.6 Å². The Hall–Kier alpha value is -2.03. The zero-order chi connectivity index (χ0) is 17.7. The molecule has 0 N–H and O–H groups in total. The number of aromatic nitrogens is 4. The van der Waals surface area contributed by atoms with Crippen LogP contribution in [0.15, 0.2) is 28.4 Å². The second-order valence-electron chi connectivity index (χ2n) is 6.29. The van der Waals surface area contributed by atoms with Gasteiger partial charge in [0.1, 0.15) is 4.70 Å². The minimum absolute atomic E-state index is 0.0211. The Kier molecular flexibility index (Phi) is 3.98. The molecule has 0 bridgehead atoms. The van der Waals surface area contributed by atoms with E-state index in [1.165, 1.54) is 21.1 Å². The van der Waals surface area contributed by atoms with Crippen LogP contribution in [-0.2, 0) is 13.6 Å². The minimum Gasteiger partial charge on any atom is -0.291 e. The molecule has 0 aliphatic rings. The van der Waals surface area contributed by atoms with Crippen molar-refractivity contribution >= 4 is 38.7 Å². The van der Waals surface area contributed by atoms with Crippen molar-refractivity contribution in [2.24, 2.45) is 7.05 Å². The van der Waals surface area contributed by atoms with Crippen molar-refractivity contribution in [3.05, 3.63) is 49.5 Å². The van der Waals surface area contributed by atoms with Crippen molar-refractivity contribution in [3.63, 3.8) is 0 Å². The molecule has 0 amide bonds. The number of aryl methyl sites for hydroxylation is 2. The van der Waals surface area contributed by atoms with Gasteiger partial charge in [-0.1, -0.05) is 0 Å². The second-order valence-corrected chi connectivity index (χ2v) is 8.53. The van der Waals surface area contributed by atoms with Crippen LogP contribution < -0.4 is 5.56 Å². The molecule has 0 saturated heterocycles. The first-order valence-corrected chi connectivity index (χ1v) is 9.73. The molecule has 25 heavy (non-hydrogen) atoms. The van der Waals surface area contributed by atoms with Gasteiger partial charge in [0.25, 0.3) is 5.56 Å². The normalized spacial score (nSPS) is 13.3. The van der Waals surface area contributed by atoms with E-state index in [4.69, 9.17) is 0 Å². The highest BCUT2D eigenvalue weighted by atomic mass is 32.1. The van der Waals surface area contributed by atoms with Gasteiger partial charge in [-0.05, 0) is 44.5 Å². The highest BCUT2D eigenvalue weighted by Crippen LogP contribution is 2.27. The van der Waals surface area contributed by atoms with Gasteiger partial charge in [-0.3, -0.25) is 18.7 Å². The number of thiophene rings is 2. The van der Waals surface area contributed by atoms with E-state index >= 15 is 0 Å². The Balaban J connectivity index is 1.76. The summed E-state index contributed by atoms with van der Waals surface area (Å²) in [6, 6.07) is 6.59. The van der Waals surface area contributed by atoms with Crippen molar-refractivity contribution in [3.8, 4) is 0 Å². The lowest BCUT2D eigenvalue weighted by molar-refractivity contribution is 0.249. The number of rotatable bonds is 4. The van der Waals surface area contributed by atoms with Gasteiger partial charge in [-0.2, -0.15) is 0 Å². The molecule has 8 heteroatoms. The molecule has 130 valence electrons. The van der Waals surface area contributed by atoms with Crippen LogP contribution in [0.5, 0.6) is 0 Å². The van der Waals surface area contributed by atoms with Gasteiger partial charge in [-0.15, -0.1) is 32.9 Å². The number of nitrogens with zero attached hydrogens (tertiary/aromatic N) is 5. The highest BCUT2D eigenvalue weighted by molar-refractivity contribution is 7.17. The highest BCUT2D eigenvalue weighted by Gasteiger charge is 2.19. The summed E-state index contributed by atoms with van der Waals surface area (Å²) in [4.78, 5) is 17.3. The maximum absolute atomic E-state index is 12.4. The van der Waals surface area contributed by atoms with Crippen LogP contribution in [0.4, 0.5) is 0 Å². The van der Waals surface area contributed by atoms with Gasteiger partial charge >= 0.3 is 0 Å². The molecule has 4 aromatic heterocycles. The van der Waals surface area contributed by atoms with Crippen molar-refractivity contribution in [2.45, 2.75) is 26.4 Å². The average Bonchev–Trinajstić information content (AvgIpc) is 3.30. The predicted molar refractivity (Wildman–Crippen MR) is 103 cm³/mol. The molecule has 4 rings (SSSR count). The Morgan fingerprint density at radius 2 is 2.08 bits per heavy atom. The molecule has 0 spiro atoms. The van der Waals surface area contributed by atoms with Crippen LogP contribution in [-0.4, -0.2) is 31.1 Å². The molecule has 1 atom stereocenters.